The third kappa shape index (κ3) is 5.44. The van der Waals surface area contributed by atoms with Gasteiger partial charge in [-0.2, -0.15) is 0 Å². The maximum atomic E-state index is 12.3. The van der Waals surface area contributed by atoms with Crippen LogP contribution in [0.4, 0.5) is 4.79 Å². The van der Waals surface area contributed by atoms with Gasteiger partial charge in [-0.25, -0.2) is 4.79 Å². The average Bonchev–Trinajstić information content (AvgIpc) is 2.59. The van der Waals surface area contributed by atoms with Crippen LogP contribution in [0.1, 0.15) is 31.7 Å². The third-order valence-corrected chi connectivity index (χ3v) is 4.16. The second-order valence-corrected chi connectivity index (χ2v) is 6.11. The van der Waals surface area contributed by atoms with E-state index < -0.39 is 0 Å². The highest BCUT2D eigenvalue weighted by molar-refractivity contribution is 5.78. The summed E-state index contributed by atoms with van der Waals surface area (Å²) in [7, 11) is 0. The maximum Gasteiger partial charge on any atom is 0.315 e. The first-order valence-electron chi connectivity index (χ1n) is 8.60. The Kier molecular flexibility index (Phi) is 6.90. The van der Waals surface area contributed by atoms with Gasteiger partial charge in [0.05, 0.1) is 0 Å². The number of ether oxygens (including phenoxy) is 1. The molecule has 1 aliphatic heterocycles. The fourth-order valence-electron chi connectivity index (χ4n) is 2.70. The quantitative estimate of drug-likeness (QED) is 0.837. The van der Waals surface area contributed by atoms with Crippen molar-refractivity contribution in [3.05, 3.63) is 29.8 Å². The zero-order valence-corrected chi connectivity index (χ0v) is 14.5. The van der Waals surface area contributed by atoms with Crippen LogP contribution in [0.2, 0.25) is 0 Å². The molecule has 0 bridgehead atoms. The predicted octanol–water partition coefficient (Wildman–Crippen LogP) is 2.07. The molecule has 0 unspecified atom stereocenters. The molecule has 3 amide bonds. The van der Waals surface area contributed by atoms with Crippen molar-refractivity contribution in [2.75, 3.05) is 26.2 Å². The lowest BCUT2D eigenvalue weighted by atomic mass is 10.1. The molecule has 0 spiro atoms. The van der Waals surface area contributed by atoms with Gasteiger partial charge in [0.25, 0.3) is 5.91 Å². The molecule has 1 aromatic carbocycles. The molecule has 0 saturated carbocycles. The van der Waals surface area contributed by atoms with Gasteiger partial charge in [-0.1, -0.05) is 25.1 Å². The van der Waals surface area contributed by atoms with Crippen molar-refractivity contribution in [3.63, 3.8) is 0 Å². The molecule has 0 aromatic heterocycles. The second-order valence-electron chi connectivity index (χ2n) is 6.11. The average molecular weight is 333 g/mol. The molecule has 0 atom stereocenters. The Morgan fingerprint density at radius 2 is 1.96 bits per heavy atom. The van der Waals surface area contributed by atoms with Crippen molar-refractivity contribution < 1.29 is 14.3 Å². The summed E-state index contributed by atoms with van der Waals surface area (Å²) in [5, 5.41) is 5.77. The van der Waals surface area contributed by atoms with E-state index in [4.69, 9.17) is 4.74 Å². The molecule has 1 aliphatic rings. The lowest BCUT2D eigenvalue weighted by Crippen LogP contribution is -2.49. The highest BCUT2D eigenvalue weighted by Crippen LogP contribution is 2.17. The van der Waals surface area contributed by atoms with Crippen LogP contribution in [-0.4, -0.2) is 49.1 Å². The zero-order chi connectivity index (χ0) is 17.4. The van der Waals surface area contributed by atoms with Gasteiger partial charge in [0.2, 0.25) is 0 Å². The van der Waals surface area contributed by atoms with Crippen molar-refractivity contribution >= 4 is 11.9 Å². The third-order valence-electron chi connectivity index (χ3n) is 4.16. The van der Waals surface area contributed by atoms with Crippen LogP contribution in [0.3, 0.4) is 0 Å². The van der Waals surface area contributed by atoms with Crippen LogP contribution in [-0.2, 0) is 4.79 Å². The molecule has 132 valence electrons. The summed E-state index contributed by atoms with van der Waals surface area (Å²) in [4.78, 5) is 25.7. The van der Waals surface area contributed by atoms with E-state index in [1.807, 2.05) is 38.1 Å². The van der Waals surface area contributed by atoms with Crippen molar-refractivity contribution in [2.24, 2.45) is 0 Å². The fraction of sp³-hybridized carbons (Fsp3) is 0.556. The minimum Gasteiger partial charge on any atom is -0.484 e. The number of para-hydroxylation sites is 1. The summed E-state index contributed by atoms with van der Waals surface area (Å²) in [6.45, 7) is 6.01. The lowest BCUT2D eigenvalue weighted by molar-refractivity contribution is -0.134. The van der Waals surface area contributed by atoms with E-state index in [9.17, 15) is 9.59 Å². The molecule has 6 nitrogen and oxygen atoms in total. The Morgan fingerprint density at radius 1 is 1.25 bits per heavy atom. The number of carbonyl (C=O) groups is 2. The Bertz CT molecular complexity index is 554. The second kappa shape index (κ2) is 9.15. The molecule has 1 saturated heterocycles. The van der Waals surface area contributed by atoms with E-state index in [-0.39, 0.29) is 24.6 Å². The Labute approximate surface area is 143 Å². The van der Waals surface area contributed by atoms with Crippen LogP contribution in [0.15, 0.2) is 24.3 Å². The van der Waals surface area contributed by atoms with E-state index in [0.717, 1.165) is 30.6 Å². The van der Waals surface area contributed by atoms with Gasteiger partial charge in [0.15, 0.2) is 6.61 Å². The number of hydrogen-bond acceptors (Lipinski definition) is 3. The van der Waals surface area contributed by atoms with Crippen molar-refractivity contribution in [3.8, 4) is 5.75 Å². The number of benzene rings is 1. The molecule has 0 aliphatic carbocycles. The first kappa shape index (κ1) is 18.1. The summed E-state index contributed by atoms with van der Waals surface area (Å²) >= 11 is 0. The fourth-order valence-corrected chi connectivity index (χ4v) is 2.70. The first-order valence-corrected chi connectivity index (χ1v) is 8.60. The molecule has 1 aromatic rings. The van der Waals surface area contributed by atoms with Crippen molar-refractivity contribution in [1.82, 2.24) is 15.5 Å². The monoisotopic (exact) mass is 333 g/mol. The molecular formula is C18H27N3O3. The molecule has 6 heteroatoms. The van der Waals surface area contributed by atoms with Crippen LogP contribution in [0, 0.1) is 6.92 Å². The molecule has 2 N–H and O–H groups in total. The van der Waals surface area contributed by atoms with E-state index in [1.54, 1.807) is 4.90 Å². The summed E-state index contributed by atoms with van der Waals surface area (Å²) in [5.41, 5.74) is 1.02. The van der Waals surface area contributed by atoms with Crippen LogP contribution in [0.5, 0.6) is 5.75 Å². The number of carbonyl (C=O) groups excluding carboxylic acids is 2. The standard InChI is InChI=1S/C18H27N3O3/c1-3-10-19-18(23)20-15-8-11-21(12-9-15)17(22)13-24-16-7-5-4-6-14(16)2/h4-7,15H,3,8-13H2,1-2H3,(H2,19,20,23). The minimum atomic E-state index is -0.121. The Balaban J connectivity index is 1.71. The number of hydrogen-bond donors (Lipinski definition) is 2. The number of piperidine rings is 1. The van der Waals surface area contributed by atoms with E-state index in [1.165, 1.54) is 0 Å². The van der Waals surface area contributed by atoms with Gasteiger partial charge >= 0.3 is 6.03 Å². The van der Waals surface area contributed by atoms with Gasteiger partial charge < -0.3 is 20.3 Å². The number of urea groups is 1. The van der Waals surface area contributed by atoms with E-state index in [2.05, 4.69) is 10.6 Å². The number of amides is 3. The van der Waals surface area contributed by atoms with Gasteiger partial charge in [-0.05, 0) is 37.8 Å². The largest absolute Gasteiger partial charge is 0.484 e. The Hall–Kier alpha value is -2.24. The van der Waals surface area contributed by atoms with Gasteiger partial charge in [-0.3, -0.25) is 4.79 Å². The van der Waals surface area contributed by atoms with Crippen molar-refractivity contribution in [1.29, 1.82) is 0 Å². The first-order chi connectivity index (χ1) is 11.6. The van der Waals surface area contributed by atoms with E-state index in [0.29, 0.717) is 19.6 Å². The normalized spacial score (nSPS) is 15.0. The van der Waals surface area contributed by atoms with Crippen molar-refractivity contribution in [2.45, 2.75) is 39.2 Å². The molecular weight excluding hydrogens is 306 g/mol. The number of likely N-dealkylation sites (tertiary alicyclic amines) is 1. The zero-order valence-electron chi connectivity index (χ0n) is 14.5. The number of aryl methyl sites for hydroxylation is 1. The maximum absolute atomic E-state index is 12.3. The summed E-state index contributed by atoms with van der Waals surface area (Å²) in [5.74, 6) is 0.738. The summed E-state index contributed by atoms with van der Waals surface area (Å²) in [6, 6.07) is 7.67. The number of rotatable bonds is 6. The van der Waals surface area contributed by atoms with Crippen LogP contribution < -0.4 is 15.4 Å². The van der Waals surface area contributed by atoms with Gasteiger partial charge in [0, 0.05) is 25.7 Å². The Morgan fingerprint density at radius 3 is 2.62 bits per heavy atom. The molecule has 2 rings (SSSR count). The van der Waals surface area contributed by atoms with Gasteiger partial charge in [-0.15, -0.1) is 0 Å². The van der Waals surface area contributed by atoms with Gasteiger partial charge in [0.1, 0.15) is 5.75 Å². The molecule has 1 fully saturated rings. The number of nitrogens with zero attached hydrogens (tertiary/aromatic N) is 1. The molecule has 24 heavy (non-hydrogen) atoms. The SMILES string of the molecule is CCCNC(=O)NC1CCN(C(=O)COc2ccccc2C)CC1. The summed E-state index contributed by atoms with van der Waals surface area (Å²) < 4.78 is 5.62. The predicted molar refractivity (Wildman–Crippen MR) is 93.1 cm³/mol. The molecule has 0 radical (unpaired) electrons. The van der Waals surface area contributed by atoms with Crippen LogP contribution in [0.25, 0.3) is 0 Å². The lowest BCUT2D eigenvalue weighted by Gasteiger charge is -2.32. The topological polar surface area (TPSA) is 70.7 Å². The smallest absolute Gasteiger partial charge is 0.315 e. The van der Waals surface area contributed by atoms with E-state index >= 15 is 0 Å². The highest BCUT2D eigenvalue weighted by Gasteiger charge is 2.24. The molecule has 1 heterocycles. The van der Waals surface area contributed by atoms with Crippen LogP contribution >= 0.6 is 0 Å². The summed E-state index contributed by atoms with van der Waals surface area (Å²) in [6.07, 6.45) is 2.46. The minimum absolute atomic E-state index is 0.00728. The highest BCUT2D eigenvalue weighted by atomic mass is 16.5. The number of nitrogens with one attached hydrogen (secondary N) is 2.